The Morgan fingerprint density at radius 3 is 1.94 bits per heavy atom. The van der Waals surface area contributed by atoms with Gasteiger partial charge in [-0.2, -0.15) is 0 Å². The van der Waals surface area contributed by atoms with Crippen LogP contribution in [0.15, 0.2) is 60.7 Å². The van der Waals surface area contributed by atoms with Gasteiger partial charge in [0.25, 0.3) is 0 Å². The molecule has 0 unspecified atom stereocenters. The lowest BCUT2D eigenvalue weighted by Crippen LogP contribution is -2.06. The molecule has 0 atom stereocenters. The predicted molar refractivity (Wildman–Crippen MR) is 144 cm³/mol. The highest BCUT2D eigenvalue weighted by molar-refractivity contribution is 5.94. The average molecular weight is 491 g/mol. The summed E-state index contributed by atoms with van der Waals surface area (Å²) in [7, 11) is 0. The largest absolute Gasteiger partial charge is 0.489 e. The van der Waals surface area contributed by atoms with Crippen LogP contribution in [0.25, 0.3) is 10.8 Å². The molecule has 0 aliphatic heterocycles. The van der Waals surface area contributed by atoms with Crippen molar-refractivity contribution in [2.45, 2.75) is 77.7 Å². The summed E-state index contributed by atoms with van der Waals surface area (Å²) in [6, 6.07) is 17.9. The lowest BCUT2D eigenvalue weighted by Gasteiger charge is -2.09. The van der Waals surface area contributed by atoms with E-state index < -0.39 is 5.97 Å². The number of carboxylic acids is 1. The first kappa shape index (κ1) is 27.3. The van der Waals surface area contributed by atoms with Crippen LogP contribution < -0.4 is 4.74 Å². The zero-order chi connectivity index (χ0) is 25.6. The molecule has 36 heavy (non-hydrogen) atoms. The van der Waals surface area contributed by atoms with Crippen molar-refractivity contribution in [1.29, 1.82) is 0 Å². The van der Waals surface area contributed by atoms with Crippen molar-refractivity contribution < 1.29 is 24.2 Å². The van der Waals surface area contributed by atoms with Crippen molar-refractivity contribution in [1.82, 2.24) is 0 Å². The molecule has 0 bridgehead atoms. The fourth-order valence-electron chi connectivity index (χ4n) is 4.19. The van der Waals surface area contributed by atoms with Gasteiger partial charge < -0.3 is 14.6 Å². The Kier molecular flexibility index (Phi) is 11.3. The van der Waals surface area contributed by atoms with E-state index in [0.717, 1.165) is 29.2 Å². The third kappa shape index (κ3) is 9.03. The van der Waals surface area contributed by atoms with Crippen LogP contribution in [0.3, 0.4) is 0 Å². The van der Waals surface area contributed by atoms with Gasteiger partial charge in [0.15, 0.2) is 0 Å². The van der Waals surface area contributed by atoms with Gasteiger partial charge in [0, 0.05) is 0 Å². The first-order chi connectivity index (χ1) is 17.6. The summed E-state index contributed by atoms with van der Waals surface area (Å²) >= 11 is 0. The number of hydrogen-bond donors (Lipinski definition) is 1. The Morgan fingerprint density at radius 2 is 1.28 bits per heavy atom. The molecule has 0 aliphatic carbocycles. The van der Waals surface area contributed by atoms with Crippen LogP contribution in [0.2, 0.25) is 0 Å². The molecule has 5 heteroatoms. The zero-order valence-corrected chi connectivity index (χ0v) is 21.3. The van der Waals surface area contributed by atoms with Crippen LogP contribution in [0.5, 0.6) is 5.75 Å². The molecule has 0 heterocycles. The molecule has 192 valence electrons. The number of rotatable bonds is 16. The standard InChI is InChI=1S/C31H38O5/c1-2-3-4-5-6-7-8-9-10-11-20-35-31(34)25-14-12-24(13-15-25)23-36-29-19-18-26-21-28(30(32)33)17-16-27(26)22-29/h12-19,21-22H,2-11,20,23H2,1H3,(H,32,33). The predicted octanol–water partition coefficient (Wildman–Crippen LogP) is 8.19. The third-order valence-electron chi connectivity index (χ3n) is 6.38. The van der Waals surface area contributed by atoms with Crippen LogP contribution in [0, 0.1) is 0 Å². The Morgan fingerprint density at radius 1 is 0.694 bits per heavy atom. The molecule has 1 N–H and O–H groups in total. The average Bonchev–Trinajstić information content (AvgIpc) is 2.90. The minimum absolute atomic E-state index is 0.262. The number of carboxylic acid groups (broad SMARTS) is 1. The summed E-state index contributed by atoms with van der Waals surface area (Å²) in [4.78, 5) is 23.4. The highest BCUT2D eigenvalue weighted by Gasteiger charge is 2.08. The van der Waals surface area contributed by atoms with Crippen molar-refractivity contribution in [2.24, 2.45) is 0 Å². The quantitative estimate of drug-likeness (QED) is 0.162. The molecular weight excluding hydrogens is 452 g/mol. The minimum atomic E-state index is -0.941. The molecule has 5 nitrogen and oxygen atoms in total. The molecule has 0 saturated carbocycles. The van der Waals surface area contributed by atoms with Gasteiger partial charge in [-0.3, -0.25) is 0 Å². The Hall–Kier alpha value is -3.34. The second-order valence-corrected chi connectivity index (χ2v) is 9.33. The maximum atomic E-state index is 12.3. The molecule has 3 aromatic rings. The number of aromatic carboxylic acids is 1. The molecule has 0 saturated heterocycles. The van der Waals surface area contributed by atoms with Crippen molar-refractivity contribution in [3.63, 3.8) is 0 Å². The highest BCUT2D eigenvalue weighted by Crippen LogP contribution is 2.23. The normalized spacial score (nSPS) is 10.9. The van der Waals surface area contributed by atoms with Gasteiger partial charge in [-0.05, 0) is 59.2 Å². The van der Waals surface area contributed by atoms with E-state index >= 15 is 0 Å². The Balaban J connectivity index is 1.34. The molecule has 0 aliphatic rings. The Labute approximate surface area is 214 Å². The van der Waals surface area contributed by atoms with Gasteiger partial charge in [0.2, 0.25) is 0 Å². The fraction of sp³-hybridized carbons (Fsp3) is 0.419. The zero-order valence-electron chi connectivity index (χ0n) is 21.3. The molecule has 3 aromatic carbocycles. The number of carbonyl (C=O) groups excluding carboxylic acids is 1. The van der Waals surface area contributed by atoms with Gasteiger partial charge in [0.05, 0.1) is 17.7 Å². The molecule has 0 fully saturated rings. The van der Waals surface area contributed by atoms with E-state index in [2.05, 4.69) is 6.92 Å². The van der Waals surface area contributed by atoms with E-state index in [-0.39, 0.29) is 11.5 Å². The van der Waals surface area contributed by atoms with E-state index in [9.17, 15) is 9.59 Å². The molecule has 0 spiro atoms. The van der Waals surface area contributed by atoms with E-state index in [1.807, 2.05) is 30.3 Å². The maximum Gasteiger partial charge on any atom is 0.338 e. The maximum absolute atomic E-state index is 12.3. The summed E-state index contributed by atoms with van der Waals surface area (Å²) in [6.07, 6.45) is 12.5. The van der Waals surface area contributed by atoms with Crippen LogP contribution in [0.4, 0.5) is 0 Å². The summed E-state index contributed by atoms with van der Waals surface area (Å²) in [5.74, 6) is -0.525. The van der Waals surface area contributed by atoms with Crippen LogP contribution >= 0.6 is 0 Å². The van der Waals surface area contributed by atoms with Crippen molar-refractivity contribution >= 4 is 22.7 Å². The SMILES string of the molecule is CCCCCCCCCCCCOC(=O)c1ccc(COc2ccc3cc(C(=O)O)ccc3c2)cc1. The summed E-state index contributed by atoms with van der Waals surface area (Å²) in [5, 5.41) is 10.9. The van der Waals surface area contributed by atoms with Gasteiger partial charge in [-0.25, -0.2) is 9.59 Å². The lowest BCUT2D eigenvalue weighted by molar-refractivity contribution is 0.0497. The van der Waals surface area contributed by atoms with Gasteiger partial charge in [-0.15, -0.1) is 0 Å². The van der Waals surface area contributed by atoms with Gasteiger partial charge in [-0.1, -0.05) is 89.0 Å². The number of hydrogen-bond acceptors (Lipinski definition) is 4. The highest BCUT2D eigenvalue weighted by atomic mass is 16.5. The number of carbonyl (C=O) groups is 2. The molecular formula is C31H38O5. The molecule has 0 aromatic heterocycles. The molecule has 3 rings (SSSR count). The van der Waals surface area contributed by atoms with E-state index in [1.165, 1.54) is 51.4 Å². The monoisotopic (exact) mass is 490 g/mol. The molecule has 0 radical (unpaired) electrons. The summed E-state index contributed by atoms with van der Waals surface area (Å²) < 4.78 is 11.3. The molecule has 0 amide bonds. The number of esters is 1. The number of unbranched alkanes of at least 4 members (excludes halogenated alkanes) is 9. The summed E-state index contributed by atoms with van der Waals surface area (Å²) in [6.45, 7) is 3.08. The first-order valence-electron chi connectivity index (χ1n) is 13.2. The van der Waals surface area contributed by atoms with Crippen LogP contribution in [0.1, 0.15) is 97.4 Å². The minimum Gasteiger partial charge on any atom is -0.489 e. The van der Waals surface area contributed by atoms with Gasteiger partial charge >= 0.3 is 11.9 Å². The summed E-state index contributed by atoms with van der Waals surface area (Å²) in [5.41, 5.74) is 1.76. The van der Waals surface area contributed by atoms with Gasteiger partial charge in [0.1, 0.15) is 12.4 Å². The topological polar surface area (TPSA) is 72.8 Å². The fourth-order valence-corrected chi connectivity index (χ4v) is 4.19. The van der Waals surface area contributed by atoms with E-state index in [0.29, 0.717) is 24.5 Å². The van der Waals surface area contributed by atoms with Crippen LogP contribution in [-0.4, -0.2) is 23.7 Å². The number of ether oxygens (including phenoxy) is 2. The smallest absolute Gasteiger partial charge is 0.338 e. The lowest BCUT2D eigenvalue weighted by atomic mass is 10.1. The van der Waals surface area contributed by atoms with Crippen molar-refractivity contribution in [2.75, 3.05) is 6.61 Å². The van der Waals surface area contributed by atoms with Crippen LogP contribution in [-0.2, 0) is 11.3 Å². The second kappa shape index (κ2) is 14.9. The van der Waals surface area contributed by atoms with E-state index in [1.54, 1.807) is 30.3 Å². The number of benzene rings is 3. The first-order valence-corrected chi connectivity index (χ1v) is 13.2. The van der Waals surface area contributed by atoms with E-state index in [4.69, 9.17) is 14.6 Å². The van der Waals surface area contributed by atoms with Crippen molar-refractivity contribution in [3.8, 4) is 5.75 Å². The number of fused-ring (bicyclic) bond motifs is 1. The third-order valence-corrected chi connectivity index (χ3v) is 6.38. The van der Waals surface area contributed by atoms with Crippen molar-refractivity contribution in [3.05, 3.63) is 77.4 Å². The Bertz CT molecular complexity index is 1100. The second-order valence-electron chi connectivity index (χ2n) is 9.33.